The van der Waals surface area contributed by atoms with Crippen molar-refractivity contribution in [2.24, 2.45) is 23.5 Å². The second kappa shape index (κ2) is 7.60. The summed E-state index contributed by atoms with van der Waals surface area (Å²) in [5.74, 6) is 0.439. The highest BCUT2D eigenvalue weighted by Crippen LogP contribution is 2.46. The number of carbonyl (C=O) groups is 1. The first-order chi connectivity index (χ1) is 15.5. The molecule has 8 nitrogen and oxygen atoms in total. The SMILES string of the molecule is NC(=O)[C@@H]1[C@H](Nc2c(Cl)cnc3nc(-c4sc(N5CCCC5)nc4Cl)[nH]c23)[C@H]2C=C[C@@H]1C2. The van der Waals surface area contributed by atoms with Crippen LogP contribution in [0.4, 0.5) is 10.8 Å². The van der Waals surface area contributed by atoms with Gasteiger partial charge in [0.1, 0.15) is 10.4 Å². The number of hydrogen-bond acceptors (Lipinski definition) is 7. The normalized spacial score (nSPS) is 26.5. The van der Waals surface area contributed by atoms with E-state index in [1.165, 1.54) is 24.2 Å². The maximum atomic E-state index is 12.1. The van der Waals surface area contributed by atoms with Crippen LogP contribution in [0.5, 0.6) is 0 Å². The molecule has 3 aromatic rings. The minimum atomic E-state index is -0.294. The number of rotatable bonds is 5. The first-order valence-electron chi connectivity index (χ1n) is 10.7. The van der Waals surface area contributed by atoms with Crippen molar-refractivity contribution < 1.29 is 4.79 Å². The maximum Gasteiger partial charge on any atom is 0.223 e. The second-order valence-corrected chi connectivity index (χ2v) is 10.4. The standard InChI is InChI=1S/C21H21Cl2N7OS/c22-11-8-25-19-15(14(11)26-13-10-4-3-9(7-10)12(13)18(24)31)27-20(29-19)16-17(23)28-21(32-16)30-5-1-2-6-30/h3-4,8-10,12-13H,1-2,5-7H2,(H2,24,31)(H2,25,26,27,29)/t9-,10+,12+,13-/m1/s1. The molecule has 1 saturated heterocycles. The highest BCUT2D eigenvalue weighted by atomic mass is 35.5. The molecule has 2 bridgehead atoms. The maximum absolute atomic E-state index is 12.1. The van der Waals surface area contributed by atoms with Crippen molar-refractivity contribution in [2.45, 2.75) is 25.3 Å². The molecule has 6 rings (SSSR count). The number of H-pyrrole nitrogens is 1. The summed E-state index contributed by atoms with van der Waals surface area (Å²) in [5, 5.41) is 5.28. The first-order valence-corrected chi connectivity index (χ1v) is 12.3. The summed E-state index contributed by atoms with van der Waals surface area (Å²) in [4.78, 5) is 32.1. The number of nitrogens with one attached hydrogen (secondary N) is 2. The molecular formula is C21H21Cl2N7OS. The Kier molecular flexibility index (Phi) is 4.81. The molecule has 0 radical (unpaired) electrons. The van der Waals surface area contributed by atoms with Crippen molar-refractivity contribution in [3.8, 4) is 10.7 Å². The lowest BCUT2D eigenvalue weighted by atomic mass is 9.88. The van der Waals surface area contributed by atoms with Crippen molar-refractivity contribution in [3.63, 3.8) is 0 Å². The van der Waals surface area contributed by atoms with E-state index in [9.17, 15) is 4.79 Å². The molecule has 3 aliphatic rings. The summed E-state index contributed by atoms with van der Waals surface area (Å²) in [6, 6.07) is -0.119. The summed E-state index contributed by atoms with van der Waals surface area (Å²) in [6.07, 6.45) is 9.08. The Bertz CT molecular complexity index is 1250. The lowest BCUT2D eigenvalue weighted by molar-refractivity contribution is -0.122. The van der Waals surface area contributed by atoms with Gasteiger partial charge in [-0.1, -0.05) is 46.7 Å². The van der Waals surface area contributed by atoms with E-state index in [2.05, 4.69) is 42.3 Å². The molecule has 1 saturated carbocycles. The minimum absolute atomic E-state index is 0.119. The van der Waals surface area contributed by atoms with Gasteiger partial charge < -0.3 is 20.9 Å². The van der Waals surface area contributed by atoms with Crippen molar-refractivity contribution in [1.82, 2.24) is 19.9 Å². The molecule has 3 aromatic heterocycles. The molecule has 4 N–H and O–H groups in total. The number of nitrogens with two attached hydrogens (primary N) is 1. The average Bonchev–Trinajstić information content (AvgIpc) is 3.57. The molecule has 0 unspecified atom stereocenters. The summed E-state index contributed by atoms with van der Waals surface area (Å²) < 4.78 is 0. The fraction of sp³-hybridized carbons (Fsp3) is 0.429. The number of aromatic nitrogens is 4. The van der Waals surface area contributed by atoms with Gasteiger partial charge >= 0.3 is 0 Å². The summed E-state index contributed by atoms with van der Waals surface area (Å²) >= 11 is 14.5. The number of hydrogen-bond donors (Lipinski definition) is 3. The fourth-order valence-electron chi connectivity index (χ4n) is 5.24. The fourth-order valence-corrected chi connectivity index (χ4v) is 6.72. The van der Waals surface area contributed by atoms with E-state index in [0.29, 0.717) is 32.9 Å². The van der Waals surface area contributed by atoms with E-state index in [0.717, 1.165) is 29.5 Å². The molecule has 11 heteroatoms. The number of nitrogens with zero attached hydrogens (tertiary/aromatic N) is 4. The summed E-state index contributed by atoms with van der Waals surface area (Å²) in [5.41, 5.74) is 7.60. The van der Waals surface area contributed by atoms with Crippen molar-refractivity contribution >= 4 is 62.4 Å². The number of fused-ring (bicyclic) bond motifs is 3. The second-order valence-electron chi connectivity index (χ2n) is 8.62. The van der Waals surface area contributed by atoms with Crippen LogP contribution in [0.1, 0.15) is 19.3 Å². The van der Waals surface area contributed by atoms with Crippen LogP contribution in [0.15, 0.2) is 18.3 Å². The van der Waals surface area contributed by atoms with Crippen LogP contribution in [-0.2, 0) is 4.79 Å². The molecule has 166 valence electrons. The van der Waals surface area contributed by atoms with Crippen LogP contribution in [0.2, 0.25) is 10.2 Å². The van der Waals surface area contributed by atoms with E-state index < -0.39 is 0 Å². The lowest BCUT2D eigenvalue weighted by Crippen LogP contribution is -2.41. The van der Waals surface area contributed by atoms with Crippen molar-refractivity contribution in [1.29, 1.82) is 0 Å². The zero-order chi connectivity index (χ0) is 22.0. The van der Waals surface area contributed by atoms with Gasteiger partial charge in [0, 0.05) is 19.1 Å². The van der Waals surface area contributed by atoms with E-state index in [-0.39, 0.29) is 29.7 Å². The Morgan fingerprint density at radius 1 is 1.22 bits per heavy atom. The lowest BCUT2D eigenvalue weighted by Gasteiger charge is -2.28. The number of primary amides is 1. The molecular weight excluding hydrogens is 469 g/mol. The Morgan fingerprint density at radius 2 is 2.00 bits per heavy atom. The molecule has 4 heterocycles. The molecule has 1 amide bonds. The Hall–Kier alpha value is -2.36. The third kappa shape index (κ3) is 3.17. The number of pyridine rings is 1. The Morgan fingerprint density at radius 3 is 2.78 bits per heavy atom. The van der Waals surface area contributed by atoms with Gasteiger partial charge in [0.25, 0.3) is 0 Å². The van der Waals surface area contributed by atoms with E-state index in [1.807, 2.05) is 0 Å². The number of allylic oxidation sites excluding steroid dienone is 1. The number of amides is 1. The van der Waals surface area contributed by atoms with Gasteiger partial charge in [-0.15, -0.1) is 0 Å². The topological polar surface area (TPSA) is 113 Å². The smallest absolute Gasteiger partial charge is 0.223 e. The third-order valence-electron chi connectivity index (χ3n) is 6.74. The van der Waals surface area contributed by atoms with Crippen LogP contribution < -0.4 is 16.0 Å². The molecule has 2 aliphatic carbocycles. The zero-order valence-corrected chi connectivity index (χ0v) is 19.3. The first kappa shape index (κ1) is 20.3. The number of imidazole rings is 1. The van der Waals surface area contributed by atoms with E-state index in [4.69, 9.17) is 28.9 Å². The molecule has 0 spiro atoms. The van der Waals surface area contributed by atoms with Gasteiger partial charge in [-0.05, 0) is 31.1 Å². The largest absolute Gasteiger partial charge is 0.378 e. The van der Waals surface area contributed by atoms with Crippen molar-refractivity contribution in [3.05, 3.63) is 28.5 Å². The minimum Gasteiger partial charge on any atom is -0.378 e. The Labute approximate surface area is 198 Å². The van der Waals surface area contributed by atoms with Gasteiger partial charge in [-0.2, -0.15) is 0 Å². The van der Waals surface area contributed by atoms with Gasteiger partial charge in [0.15, 0.2) is 21.8 Å². The number of aromatic amines is 1. The van der Waals surface area contributed by atoms with Crippen LogP contribution in [0.25, 0.3) is 21.9 Å². The summed E-state index contributed by atoms with van der Waals surface area (Å²) in [7, 11) is 0. The van der Waals surface area contributed by atoms with Crippen LogP contribution in [-0.4, -0.2) is 45.0 Å². The zero-order valence-electron chi connectivity index (χ0n) is 17.0. The molecule has 1 aliphatic heterocycles. The van der Waals surface area contributed by atoms with Crippen molar-refractivity contribution in [2.75, 3.05) is 23.3 Å². The number of thiazole rings is 1. The van der Waals surface area contributed by atoms with Gasteiger partial charge in [-0.3, -0.25) is 4.79 Å². The van der Waals surface area contributed by atoms with Gasteiger partial charge in [-0.25, -0.2) is 15.0 Å². The highest BCUT2D eigenvalue weighted by molar-refractivity contribution is 7.19. The van der Waals surface area contributed by atoms with Crippen LogP contribution >= 0.6 is 34.5 Å². The highest BCUT2D eigenvalue weighted by Gasteiger charge is 2.47. The quantitative estimate of drug-likeness (QED) is 0.465. The van der Waals surface area contributed by atoms with E-state index >= 15 is 0 Å². The number of carbonyl (C=O) groups excluding carboxylic acids is 1. The molecule has 32 heavy (non-hydrogen) atoms. The van der Waals surface area contributed by atoms with Gasteiger partial charge in [0.05, 0.1) is 22.8 Å². The average molecular weight is 490 g/mol. The van der Waals surface area contributed by atoms with E-state index in [1.54, 1.807) is 6.20 Å². The third-order valence-corrected chi connectivity index (χ3v) is 8.53. The number of halogens is 2. The number of anilines is 2. The van der Waals surface area contributed by atoms with Gasteiger partial charge in [0.2, 0.25) is 5.91 Å². The predicted octanol–water partition coefficient (Wildman–Crippen LogP) is 4.08. The van der Waals surface area contributed by atoms with Crippen LogP contribution in [0, 0.1) is 17.8 Å². The monoisotopic (exact) mass is 489 g/mol. The molecule has 0 aromatic carbocycles. The Balaban J connectivity index is 1.37. The summed E-state index contributed by atoms with van der Waals surface area (Å²) in [6.45, 7) is 1.99. The predicted molar refractivity (Wildman–Crippen MR) is 127 cm³/mol. The molecule has 4 atom stereocenters. The van der Waals surface area contributed by atoms with Crippen LogP contribution in [0.3, 0.4) is 0 Å². The molecule has 2 fully saturated rings.